The Bertz CT molecular complexity index is 841. The summed E-state index contributed by atoms with van der Waals surface area (Å²) in [7, 11) is 0. The molecule has 0 atom stereocenters. The first-order valence-electron chi connectivity index (χ1n) is 8.64. The first-order valence-corrected chi connectivity index (χ1v) is 8.64. The van der Waals surface area contributed by atoms with E-state index < -0.39 is 5.97 Å². The second-order valence-electron chi connectivity index (χ2n) is 5.94. The lowest BCUT2D eigenvalue weighted by Gasteiger charge is -2.11. The van der Waals surface area contributed by atoms with Crippen LogP contribution >= 0.6 is 0 Å². The SMILES string of the molecule is CCc1n[nH]c(=O)c(CNC(=O)CCc2ccc(C(=O)O)cc2)c1CC. The highest BCUT2D eigenvalue weighted by atomic mass is 16.4. The van der Waals surface area contributed by atoms with Crippen LogP contribution in [-0.4, -0.2) is 27.2 Å². The Kier molecular flexibility index (Phi) is 6.66. The van der Waals surface area contributed by atoms with E-state index in [1.54, 1.807) is 12.1 Å². The number of hydrogen-bond acceptors (Lipinski definition) is 4. The zero-order chi connectivity index (χ0) is 19.1. The molecule has 1 heterocycles. The molecule has 0 aliphatic rings. The summed E-state index contributed by atoms with van der Waals surface area (Å²) in [4.78, 5) is 35.0. The van der Waals surface area contributed by atoms with Gasteiger partial charge in [0, 0.05) is 18.5 Å². The fourth-order valence-electron chi connectivity index (χ4n) is 2.81. The predicted octanol–water partition coefficient (Wildman–Crippen LogP) is 1.84. The van der Waals surface area contributed by atoms with Crippen LogP contribution < -0.4 is 10.9 Å². The molecule has 0 fully saturated rings. The molecule has 3 N–H and O–H groups in total. The number of aromatic nitrogens is 2. The maximum absolute atomic E-state index is 12.1. The van der Waals surface area contributed by atoms with Crippen molar-refractivity contribution in [3.05, 3.63) is 62.6 Å². The van der Waals surface area contributed by atoms with Crippen molar-refractivity contribution in [3.8, 4) is 0 Å². The molecule has 138 valence electrons. The predicted molar refractivity (Wildman–Crippen MR) is 97.2 cm³/mol. The highest BCUT2D eigenvalue weighted by Crippen LogP contribution is 2.10. The monoisotopic (exact) mass is 357 g/mol. The van der Waals surface area contributed by atoms with E-state index in [4.69, 9.17) is 5.11 Å². The van der Waals surface area contributed by atoms with E-state index in [1.165, 1.54) is 12.1 Å². The number of nitrogens with zero attached hydrogens (tertiary/aromatic N) is 1. The average Bonchev–Trinajstić information content (AvgIpc) is 2.65. The minimum Gasteiger partial charge on any atom is -0.478 e. The number of aromatic carboxylic acids is 1. The largest absolute Gasteiger partial charge is 0.478 e. The van der Waals surface area contributed by atoms with Gasteiger partial charge in [0.05, 0.1) is 11.3 Å². The molecule has 0 aliphatic carbocycles. The Labute approximate surface area is 151 Å². The van der Waals surface area contributed by atoms with Crippen LogP contribution in [0.25, 0.3) is 0 Å². The van der Waals surface area contributed by atoms with Gasteiger partial charge in [0.2, 0.25) is 5.91 Å². The molecule has 0 saturated carbocycles. The van der Waals surface area contributed by atoms with Gasteiger partial charge in [0.25, 0.3) is 5.56 Å². The van der Waals surface area contributed by atoms with Crippen molar-refractivity contribution in [2.24, 2.45) is 0 Å². The van der Waals surface area contributed by atoms with Gasteiger partial charge in [0.15, 0.2) is 0 Å². The second kappa shape index (κ2) is 8.94. The van der Waals surface area contributed by atoms with E-state index in [-0.39, 0.29) is 30.0 Å². The standard InChI is InChI=1S/C19H23N3O4/c1-3-14-15(18(24)22-21-16(14)4-2)11-20-17(23)10-7-12-5-8-13(9-6-12)19(25)26/h5-6,8-9H,3-4,7,10-11H2,1-2H3,(H,20,23)(H,22,24)(H,25,26). The van der Waals surface area contributed by atoms with Gasteiger partial charge in [-0.15, -0.1) is 0 Å². The van der Waals surface area contributed by atoms with E-state index in [0.717, 1.165) is 16.8 Å². The molecule has 26 heavy (non-hydrogen) atoms. The van der Waals surface area contributed by atoms with E-state index in [1.807, 2.05) is 13.8 Å². The highest BCUT2D eigenvalue weighted by molar-refractivity contribution is 5.87. The van der Waals surface area contributed by atoms with Crippen molar-refractivity contribution in [1.82, 2.24) is 15.5 Å². The Balaban J connectivity index is 1.95. The molecule has 1 amide bonds. The topological polar surface area (TPSA) is 112 Å². The van der Waals surface area contributed by atoms with Gasteiger partial charge in [-0.1, -0.05) is 26.0 Å². The van der Waals surface area contributed by atoms with Crippen molar-refractivity contribution in [2.75, 3.05) is 0 Å². The molecule has 1 aromatic heterocycles. The van der Waals surface area contributed by atoms with Crippen molar-refractivity contribution in [3.63, 3.8) is 0 Å². The maximum Gasteiger partial charge on any atom is 0.335 e. The lowest BCUT2D eigenvalue weighted by atomic mass is 10.0. The number of aryl methyl sites for hydroxylation is 2. The number of carboxylic acids is 1. The number of carbonyl (C=O) groups excluding carboxylic acids is 1. The average molecular weight is 357 g/mol. The summed E-state index contributed by atoms with van der Waals surface area (Å²) in [5.74, 6) is -1.14. The number of rotatable bonds is 8. The molecule has 2 rings (SSSR count). The molecular formula is C19H23N3O4. The van der Waals surface area contributed by atoms with Crippen LogP contribution in [0.2, 0.25) is 0 Å². The molecule has 0 saturated heterocycles. The minimum atomic E-state index is -0.977. The minimum absolute atomic E-state index is 0.163. The van der Waals surface area contributed by atoms with Crippen LogP contribution in [0.15, 0.2) is 29.1 Å². The number of hydrogen-bond donors (Lipinski definition) is 3. The molecular weight excluding hydrogens is 334 g/mol. The van der Waals surface area contributed by atoms with Gasteiger partial charge in [-0.25, -0.2) is 9.89 Å². The Hall–Kier alpha value is -2.96. The van der Waals surface area contributed by atoms with Gasteiger partial charge in [0.1, 0.15) is 0 Å². The Morgan fingerprint density at radius 3 is 2.38 bits per heavy atom. The maximum atomic E-state index is 12.1. The number of carboxylic acid groups (broad SMARTS) is 1. The summed E-state index contributed by atoms with van der Waals surface area (Å²) < 4.78 is 0. The van der Waals surface area contributed by atoms with Crippen molar-refractivity contribution in [1.29, 1.82) is 0 Å². The van der Waals surface area contributed by atoms with Gasteiger partial charge < -0.3 is 10.4 Å². The third-order valence-electron chi connectivity index (χ3n) is 4.27. The first kappa shape index (κ1) is 19.4. The normalized spacial score (nSPS) is 10.5. The molecule has 0 spiro atoms. The third-order valence-corrected chi connectivity index (χ3v) is 4.27. The summed E-state index contributed by atoms with van der Waals surface area (Å²) >= 11 is 0. The van der Waals surface area contributed by atoms with E-state index in [0.29, 0.717) is 24.8 Å². The van der Waals surface area contributed by atoms with Crippen LogP contribution in [0.3, 0.4) is 0 Å². The number of aromatic amines is 1. The smallest absolute Gasteiger partial charge is 0.335 e. The Morgan fingerprint density at radius 2 is 1.81 bits per heavy atom. The van der Waals surface area contributed by atoms with Crippen molar-refractivity contribution in [2.45, 2.75) is 46.1 Å². The van der Waals surface area contributed by atoms with E-state index >= 15 is 0 Å². The lowest BCUT2D eigenvalue weighted by Crippen LogP contribution is -2.29. The lowest BCUT2D eigenvalue weighted by molar-refractivity contribution is -0.121. The van der Waals surface area contributed by atoms with Gasteiger partial charge in [-0.05, 0) is 42.5 Å². The molecule has 0 bridgehead atoms. The van der Waals surface area contributed by atoms with Gasteiger partial charge in [-0.2, -0.15) is 5.10 Å². The first-order chi connectivity index (χ1) is 12.5. The van der Waals surface area contributed by atoms with Crippen LogP contribution in [-0.2, 0) is 30.6 Å². The fraction of sp³-hybridized carbons (Fsp3) is 0.368. The summed E-state index contributed by atoms with van der Waals surface area (Å²) in [5.41, 5.74) is 3.11. The summed E-state index contributed by atoms with van der Waals surface area (Å²) in [6, 6.07) is 6.44. The van der Waals surface area contributed by atoms with Crippen molar-refractivity contribution >= 4 is 11.9 Å². The molecule has 0 unspecified atom stereocenters. The quantitative estimate of drug-likeness (QED) is 0.667. The Morgan fingerprint density at radius 1 is 1.12 bits per heavy atom. The number of H-pyrrole nitrogens is 1. The molecule has 1 aromatic carbocycles. The number of nitrogens with one attached hydrogen (secondary N) is 2. The summed E-state index contributed by atoms with van der Waals surface area (Å²) in [6.45, 7) is 4.10. The molecule has 7 heteroatoms. The molecule has 7 nitrogen and oxygen atoms in total. The van der Waals surface area contributed by atoms with Gasteiger partial charge in [-0.3, -0.25) is 9.59 Å². The number of carbonyl (C=O) groups is 2. The zero-order valence-electron chi connectivity index (χ0n) is 15.0. The molecule has 2 aromatic rings. The third kappa shape index (κ3) is 4.78. The van der Waals surface area contributed by atoms with E-state index in [9.17, 15) is 14.4 Å². The van der Waals surface area contributed by atoms with Crippen LogP contribution in [0.1, 0.15) is 53.0 Å². The zero-order valence-corrected chi connectivity index (χ0v) is 15.0. The fourth-order valence-corrected chi connectivity index (χ4v) is 2.81. The number of amides is 1. The van der Waals surface area contributed by atoms with E-state index in [2.05, 4.69) is 15.5 Å². The van der Waals surface area contributed by atoms with Crippen LogP contribution in [0.4, 0.5) is 0 Å². The summed E-state index contributed by atoms with van der Waals surface area (Å²) in [5, 5.41) is 18.2. The molecule has 0 radical (unpaired) electrons. The van der Waals surface area contributed by atoms with Gasteiger partial charge >= 0.3 is 5.97 Å². The summed E-state index contributed by atoms with van der Waals surface area (Å²) in [6.07, 6.45) is 2.16. The number of benzene rings is 1. The van der Waals surface area contributed by atoms with Crippen LogP contribution in [0.5, 0.6) is 0 Å². The van der Waals surface area contributed by atoms with Crippen LogP contribution in [0, 0.1) is 0 Å². The highest BCUT2D eigenvalue weighted by Gasteiger charge is 2.13. The van der Waals surface area contributed by atoms with Crippen molar-refractivity contribution < 1.29 is 14.7 Å². The second-order valence-corrected chi connectivity index (χ2v) is 5.94. The molecule has 0 aliphatic heterocycles.